The first-order valence-electron chi connectivity index (χ1n) is 6.55. The van der Waals surface area contributed by atoms with Gasteiger partial charge < -0.3 is 4.90 Å². The number of rotatable bonds is 3. The highest BCUT2D eigenvalue weighted by atomic mass is 32.2. The molecule has 0 aromatic heterocycles. The van der Waals surface area contributed by atoms with E-state index in [0.29, 0.717) is 11.5 Å². The Balaban J connectivity index is 1.61. The van der Waals surface area contributed by atoms with Gasteiger partial charge in [0.25, 0.3) is 11.8 Å². The summed E-state index contributed by atoms with van der Waals surface area (Å²) in [5.74, 6) is -2.50. The molecule has 20 heavy (non-hydrogen) atoms. The normalized spacial score (nSPS) is 22.2. The molecule has 0 radical (unpaired) electrons. The van der Waals surface area contributed by atoms with Crippen molar-refractivity contribution in [2.75, 3.05) is 32.4 Å². The summed E-state index contributed by atoms with van der Waals surface area (Å²) >= 11 is 1.73. The number of hydrogen-bond acceptors (Lipinski definition) is 3. The van der Waals surface area contributed by atoms with Gasteiger partial charge in [0.05, 0.1) is 13.1 Å². The largest absolute Gasteiger partial charge is 0.326 e. The highest BCUT2D eigenvalue weighted by molar-refractivity contribution is 7.96. The van der Waals surface area contributed by atoms with Crippen molar-refractivity contribution >= 4 is 17.9 Å². The van der Waals surface area contributed by atoms with Gasteiger partial charge in [0.15, 0.2) is 0 Å². The van der Waals surface area contributed by atoms with E-state index >= 15 is 0 Å². The zero-order chi connectivity index (χ0) is 14.3. The Hall–Kier alpha value is -1.14. The molecule has 0 unspecified atom stereocenters. The van der Waals surface area contributed by atoms with Crippen LogP contribution in [-0.2, 0) is 0 Å². The van der Waals surface area contributed by atoms with Crippen LogP contribution in [-0.4, -0.2) is 53.5 Å². The van der Waals surface area contributed by atoms with Crippen LogP contribution in [0.3, 0.4) is 0 Å². The molecule has 6 heteroatoms. The van der Waals surface area contributed by atoms with E-state index in [1.165, 1.54) is 10.5 Å². The number of nitrogens with zero attached hydrogens (tertiary/aromatic N) is 2. The third kappa shape index (κ3) is 2.54. The Morgan fingerprint density at radius 3 is 2.35 bits per heavy atom. The minimum absolute atomic E-state index is 0.304. The Labute approximate surface area is 121 Å². The SMILES string of the molecule is CSN1CC(c2ccc(C(=O)N3CC(F)(F)C3)cc2)C1. The van der Waals surface area contributed by atoms with Gasteiger partial charge in [-0.3, -0.25) is 4.79 Å². The molecular formula is C14H16F2N2OS. The van der Waals surface area contributed by atoms with Gasteiger partial charge in [0.1, 0.15) is 0 Å². The molecule has 2 fully saturated rings. The Morgan fingerprint density at radius 2 is 1.85 bits per heavy atom. The van der Waals surface area contributed by atoms with Crippen molar-refractivity contribution < 1.29 is 13.6 Å². The van der Waals surface area contributed by atoms with E-state index in [9.17, 15) is 13.6 Å². The van der Waals surface area contributed by atoms with Gasteiger partial charge >= 0.3 is 0 Å². The molecule has 0 N–H and O–H groups in total. The molecule has 2 saturated heterocycles. The topological polar surface area (TPSA) is 23.6 Å². The number of alkyl halides is 2. The first-order chi connectivity index (χ1) is 9.48. The maximum Gasteiger partial charge on any atom is 0.282 e. The van der Waals surface area contributed by atoms with Crippen molar-refractivity contribution in [1.29, 1.82) is 0 Å². The summed E-state index contributed by atoms with van der Waals surface area (Å²) in [7, 11) is 0. The fourth-order valence-electron chi connectivity index (χ4n) is 2.53. The first-order valence-corrected chi connectivity index (χ1v) is 7.73. The summed E-state index contributed by atoms with van der Waals surface area (Å²) in [6, 6.07) is 7.37. The van der Waals surface area contributed by atoms with Crippen LogP contribution in [0, 0.1) is 0 Å². The van der Waals surface area contributed by atoms with E-state index < -0.39 is 19.0 Å². The maximum absolute atomic E-state index is 12.8. The minimum Gasteiger partial charge on any atom is -0.326 e. The van der Waals surface area contributed by atoms with Crippen molar-refractivity contribution in [3.05, 3.63) is 35.4 Å². The summed E-state index contributed by atoms with van der Waals surface area (Å²) in [6.07, 6.45) is 2.06. The zero-order valence-electron chi connectivity index (χ0n) is 11.2. The molecule has 3 nitrogen and oxygen atoms in total. The Bertz CT molecular complexity index is 506. The molecule has 0 spiro atoms. The number of amides is 1. The standard InChI is InChI=1S/C14H16F2N2OS/c1-20-18-6-12(7-18)10-2-4-11(5-3-10)13(19)17-8-14(15,16)9-17/h2-5,12H,6-9H2,1H3. The van der Waals surface area contributed by atoms with Crippen LogP contribution in [0.15, 0.2) is 24.3 Å². The van der Waals surface area contributed by atoms with Crippen LogP contribution in [0.5, 0.6) is 0 Å². The molecule has 2 heterocycles. The van der Waals surface area contributed by atoms with Crippen LogP contribution in [0.4, 0.5) is 8.78 Å². The van der Waals surface area contributed by atoms with E-state index in [4.69, 9.17) is 0 Å². The molecule has 0 aliphatic carbocycles. The van der Waals surface area contributed by atoms with Crippen LogP contribution < -0.4 is 0 Å². The van der Waals surface area contributed by atoms with E-state index in [0.717, 1.165) is 13.1 Å². The number of carbonyl (C=O) groups excluding carboxylic acids is 1. The predicted octanol–water partition coefficient (Wildman–Crippen LogP) is 2.45. The summed E-state index contributed by atoms with van der Waals surface area (Å²) < 4.78 is 27.8. The predicted molar refractivity (Wildman–Crippen MR) is 75.1 cm³/mol. The summed E-state index contributed by atoms with van der Waals surface area (Å²) in [5, 5.41) is 0. The smallest absolute Gasteiger partial charge is 0.282 e. The quantitative estimate of drug-likeness (QED) is 0.801. The van der Waals surface area contributed by atoms with Gasteiger partial charge in [-0.2, -0.15) is 0 Å². The van der Waals surface area contributed by atoms with Crippen LogP contribution in [0.25, 0.3) is 0 Å². The van der Waals surface area contributed by atoms with Gasteiger partial charge in [-0.15, -0.1) is 0 Å². The van der Waals surface area contributed by atoms with Crippen molar-refractivity contribution in [1.82, 2.24) is 9.21 Å². The van der Waals surface area contributed by atoms with Crippen molar-refractivity contribution in [2.45, 2.75) is 11.8 Å². The summed E-state index contributed by atoms with van der Waals surface area (Å²) in [4.78, 5) is 13.1. The summed E-state index contributed by atoms with van der Waals surface area (Å²) in [6.45, 7) is 1.12. The van der Waals surface area contributed by atoms with Gasteiger partial charge in [0, 0.05) is 24.6 Å². The fourth-order valence-corrected chi connectivity index (χ4v) is 3.19. The second-order valence-electron chi connectivity index (χ2n) is 5.37. The second kappa shape index (κ2) is 5.00. The Morgan fingerprint density at radius 1 is 1.25 bits per heavy atom. The van der Waals surface area contributed by atoms with E-state index in [1.54, 1.807) is 24.1 Å². The van der Waals surface area contributed by atoms with E-state index in [1.807, 2.05) is 12.1 Å². The molecule has 3 rings (SSSR count). The zero-order valence-corrected chi connectivity index (χ0v) is 12.0. The second-order valence-corrected chi connectivity index (χ2v) is 6.25. The average molecular weight is 298 g/mol. The fraction of sp³-hybridized carbons (Fsp3) is 0.500. The third-order valence-corrected chi connectivity index (χ3v) is 4.68. The number of halogens is 2. The monoisotopic (exact) mass is 298 g/mol. The molecule has 108 valence electrons. The summed E-state index contributed by atoms with van der Waals surface area (Å²) in [5.41, 5.74) is 1.70. The lowest BCUT2D eigenvalue weighted by molar-refractivity contribution is -0.113. The first kappa shape index (κ1) is 13.8. The number of hydrogen-bond donors (Lipinski definition) is 0. The minimum atomic E-state index is -2.71. The molecular weight excluding hydrogens is 282 g/mol. The van der Waals surface area contributed by atoms with Gasteiger partial charge in [-0.1, -0.05) is 24.1 Å². The highest BCUT2D eigenvalue weighted by Crippen LogP contribution is 2.32. The Kier molecular flexibility index (Phi) is 3.46. The van der Waals surface area contributed by atoms with Crippen molar-refractivity contribution in [3.63, 3.8) is 0 Å². The van der Waals surface area contributed by atoms with Crippen LogP contribution in [0.1, 0.15) is 21.8 Å². The van der Waals surface area contributed by atoms with E-state index in [2.05, 4.69) is 10.6 Å². The lowest BCUT2D eigenvalue weighted by atomic mass is 9.93. The van der Waals surface area contributed by atoms with Crippen molar-refractivity contribution in [2.24, 2.45) is 0 Å². The number of carbonyl (C=O) groups is 1. The highest BCUT2D eigenvalue weighted by Gasteiger charge is 2.46. The molecule has 0 saturated carbocycles. The van der Waals surface area contributed by atoms with Gasteiger partial charge in [0.2, 0.25) is 0 Å². The molecule has 2 aliphatic heterocycles. The average Bonchev–Trinajstić information content (AvgIpc) is 2.34. The maximum atomic E-state index is 12.8. The molecule has 1 amide bonds. The number of benzene rings is 1. The molecule has 1 aromatic rings. The molecule has 0 bridgehead atoms. The van der Waals surface area contributed by atoms with Crippen molar-refractivity contribution in [3.8, 4) is 0 Å². The number of likely N-dealkylation sites (tertiary alicyclic amines) is 1. The van der Waals surface area contributed by atoms with E-state index in [-0.39, 0.29) is 5.91 Å². The van der Waals surface area contributed by atoms with Gasteiger partial charge in [-0.05, 0) is 24.0 Å². The molecule has 2 aliphatic rings. The third-order valence-electron chi connectivity index (χ3n) is 3.87. The molecule has 0 atom stereocenters. The lowest BCUT2D eigenvalue weighted by Crippen LogP contribution is -2.58. The van der Waals surface area contributed by atoms with Crippen LogP contribution >= 0.6 is 11.9 Å². The molecule has 1 aromatic carbocycles. The van der Waals surface area contributed by atoms with Crippen LogP contribution in [0.2, 0.25) is 0 Å². The van der Waals surface area contributed by atoms with Gasteiger partial charge in [-0.25, -0.2) is 13.1 Å². The lowest BCUT2D eigenvalue weighted by Gasteiger charge is -2.39.